The highest BCUT2D eigenvalue weighted by Gasteiger charge is 2.26. The zero-order chi connectivity index (χ0) is 23.7. The van der Waals surface area contributed by atoms with Crippen LogP contribution in [-0.4, -0.2) is 54.1 Å². The van der Waals surface area contributed by atoms with Crippen molar-refractivity contribution in [2.45, 2.75) is 6.92 Å². The first-order chi connectivity index (χ1) is 16.6. The number of carbonyl (C=O) groups excluding carboxylic acids is 1. The van der Waals surface area contributed by atoms with E-state index in [2.05, 4.69) is 9.97 Å². The molecule has 1 fully saturated rings. The Labute approximate surface area is 196 Å². The average Bonchev–Trinajstić information content (AvgIpc) is 2.90. The number of nitrogens with zero attached hydrogens (tertiary/aromatic N) is 4. The smallest absolute Gasteiger partial charge is 0.257 e. The number of hydrogen-bond donors (Lipinski definition) is 0. The molecule has 1 saturated heterocycles. The van der Waals surface area contributed by atoms with Gasteiger partial charge in [-0.15, -0.1) is 0 Å². The van der Waals surface area contributed by atoms with Crippen LogP contribution in [0.1, 0.15) is 15.9 Å². The minimum Gasteiger partial charge on any atom is -0.481 e. The lowest BCUT2D eigenvalue weighted by molar-refractivity contribution is 0.0747. The van der Waals surface area contributed by atoms with Crippen molar-refractivity contribution in [3.8, 4) is 17.2 Å². The van der Waals surface area contributed by atoms with Crippen molar-refractivity contribution >= 4 is 22.8 Å². The number of benzene rings is 2. The van der Waals surface area contributed by atoms with Gasteiger partial charge in [0.15, 0.2) is 11.0 Å². The van der Waals surface area contributed by atoms with E-state index in [0.29, 0.717) is 65.9 Å². The molecule has 4 aromatic rings. The summed E-state index contributed by atoms with van der Waals surface area (Å²) in [6, 6.07) is 16.3. The molecule has 3 heterocycles. The van der Waals surface area contributed by atoms with Gasteiger partial charge in [0.25, 0.3) is 5.91 Å². The Morgan fingerprint density at radius 2 is 1.76 bits per heavy atom. The number of carbonyl (C=O) groups is 1. The number of piperazine rings is 1. The molecule has 0 spiro atoms. The van der Waals surface area contributed by atoms with Crippen molar-refractivity contribution in [3.05, 3.63) is 82.1 Å². The van der Waals surface area contributed by atoms with Crippen LogP contribution in [0, 0.1) is 6.92 Å². The predicted octanol–water partition coefficient (Wildman–Crippen LogP) is 3.53. The Morgan fingerprint density at radius 3 is 2.50 bits per heavy atom. The number of methoxy groups -OCH3 is 1. The van der Waals surface area contributed by atoms with E-state index in [1.807, 2.05) is 35.2 Å². The molecule has 8 heteroatoms. The molecule has 0 unspecified atom stereocenters. The summed E-state index contributed by atoms with van der Waals surface area (Å²) >= 11 is 0. The van der Waals surface area contributed by atoms with Crippen LogP contribution in [-0.2, 0) is 0 Å². The summed E-state index contributed by atoms with van der Waals surface area (Å²) in [5.74, 6) is 1.39. The monoisotopic (exact) mass is 456 g/mol. The van der Waals surface area contributed by atoms with Crippen molar-refractivity contribution in [3.63, 3.8) is 0 Å². The lowest BCUT2D eigenvalue weighted by Crippen LogP contribution is -2.49. The first-order valence-corrected chi connectivity index (χ1v) is 11.1. The lowest BCUT2D eigenvalue weighted by atomic mass is 10.0. The second-order valence-corrected chi connectivity index (χ2v) is 8.11. The fraction of sp³-hybridized carbons (Fsp3) is 0.231. The first-order valence-electron chi connectivity index (χ1n) is 11.1. The summed E-state index contributed by atoms with van der Waals surface area (Å²) in [4.78, 5) is 39.1. The summed E-state index contributed by atoms with van der Waals surface area (Å²) < 4.78 is 11.4. The molecule has 1 aliphatic rings. The highest BCUT2D eigenvalue weighted by atomic mass is 16.5. The summed E-state index contributed by atoms with van der Waals surface area (Å²) in [6.45, 7) is 3.92. The standard InChI is InChI=1S/C26H24N4O4/c1-17-22(31)19-9-6-10-20(24(19)34-23(17)18-7-4-3-5-8-18)25(32)29-13-15-30(16-14-29)26-27-12-11-21(28-26)33-2/h3-12H,13-16H2,1-2H3. The number of rotatable bonds is 4. The fourth-order valence-corrected chi connectivity index (χ4v) is 4.22. The Balaban J connectivity index is 1.45. The van der Waals surface area contributed by atoms with Crippen LogP contribution in [0.25, 0.3) is 22.3 Å². The van der Waals surface area contributed by atoms with Gasteiger partial charge in [0.1, 0.15) is 5.76 Å². The summed E-state index contributed by atoms with van der Waals surface area (Å²) in [7, 11) is 1.57. The molecule has 1 amide bonds. The molecule has 8 nitrogen and oxygen atoms in total. The fourth-order valence-electron chi connectivity index (χ4n) is 4.22. The van der Waals surface area contributed by atoms with Gasteiger partial charge in [0, 0.05) is 49.6 Å². The molecule has 0 bridgehead atoms. The molecule has 0 radical (unpaired) electrons. The van der Waals surface area contributed by atoms with Gasteiger partial charge in [-0.2, -0.15) is 4.98 Å². The summed E-state index contributed by atoms with van der Waals surface area (Å²) in [5, 5.41) is 0.409. The maximum atomic E-state index is 13.5. The maximum Gasteiger partial charge on any atom is 0.257 e. The molecule has 1 aliphatic heterocycles. The Bertz CT molecular complexity index is 1410. The van der Waals surface area contributed by atoms with E-state index < -0.39 is 0 Å². The highest BCUT2D eigenvalue weighted by molar-refractivity contribution is 6.05. The van der Waals surface area contributed by atoms with Gasteiger partial charge in [0.05, 0.1) is 18.1 Å². The number of aromatic nitrogens is 2. The van der Waals surface area contributed by atoms with Crippen molar-refractivity contribution in [2.75, 3.05) is 38.2 Å². The topological polar surface area (TPSA) is 88.8 Å². The normalized spacial score (nSPS) is 13.8. The molecule has 2 aromatic carbocycles. The van der Waals surface area contributed by atoms with E-state index in [-0.39, 0.29) is 11.3 Å². The maximum absolute atomic E-state index is 13.5. The minimum atomic E-state index is -0.164. The molecule has 34 heavy (non-hydrogen) atoms. The number of ether oxygens (including phenoxy) is 1. The number of fused-ring (bicyclic) bond motifs is 1. The number of anilines is 1. The lowest BCUT2D eigenvalue weighted by Gasteiger charge is -2.34. The second-order valence-electron chi connectivity index (χ2n) is 8.11. The third-order valence-corrected chi connectivity index (χ3v) is 6.09. The van der Waals surface area contributed by atoms with Crippen molar-refractivity contribution in [2.24, 2.45) is 0 Å². The van der Waals surface area contributed by atoms with E-state index in [0.717, 1.165) is 5.56 Å². The second kappa shape index (κ2) is 8.97. The van der Waals surface area contributed by atoms with Crippen molar-refractivity contribution < 1.29 is 13.9 Å². The van der Waals surface area contributed by atoms with Crippen LogP contribution in [0.5, 0.6) is 5.88 Å². The first kappa shape index (κ1) is 21.6. The predicted molar refractivity (Wildman–Crippen MR) is 129 cm³/mol. The zero-order valence-corrected chi connectivity index (χ0v) is 19.0. The number of hydrogen-bond acceptors (Lipinski definition) is 7. The third kappa shape index (κ3) is 3.87. The zero-order valence-electron chi connectivity index (χ0n) is 19.0. The van der Waals surface area contributed by atoms with Crippen molar-refractivity contribution in [1.29, 1.82) is 0 Å². The molecule has 172 valence electrons. The molecule has 2 aromatic heterocycles. The van der Waals surface area contributed by atoms with E-state index in [1.54, 1.807) is 49.4 Å². The number of amides is 1. The van der Waals surface area contributed by atoms with Gasteiger partial charge in [0.2, 0.25) is 11.8 Å². The highest BCUT2D eigenvalue weighted by Crippen LogP contribution is 2.28. The van der Waals surface area contributed by atoms with Crippen LogP contribution < -0.4 is 15.1 Å². The number of para-hydroxylation sites is 1. The summed E-state index contributed by atoms with van der Waals surface area (Å²) in [5.41, 5.74) is 1.90. The van der Waals surface area contributed by atoms with E-state index >= 15 is 0 Å². The van der Waals surface area contributed by atoms with Gasteiger partial charge < -0.3 is 19.0 Å². The molecule has 5 rings (SSSR count). The molecule has 0 atom stereocenters. The van der Waals surface area contributed by atoms with Crippen LogP contribution >= 0.6 is 0 Å². The van der Waals surface area contributed by atoms with Gasteiger partial charge in [-0.1, -0.05) is 36.4 Å². The molecular formula is C26H24N4O4. The SMILES string of the molecule is COc1ccnc(N2CCN(C(=O)c3cccc4c(=O)c(C)c(-c5ccccc5)oc34)CC2)n1. The third-order valence-electron chi connectivity index (χ3n) is 6.09. The Morgan fingerprint density at radius 1 is 1.00 bits per heavy atom. The van der Waals surface area contributed by atoms with Crippen LogP contribution in [0.15, 0.2) is 70.0 Å². The molecule has 0 aliphatic carbocycles. The Hall–Kier alpha value is -4.20. The van der Waals surface area contributed by atoms with Gasteiger partial charge in [-0.3, -0.25) is 9.59 Å². The quantitative estimate of drug-likeness (QED) is 0.464. The molecular weight excluding hydrogens is 432 g/mol. The van der Waals surface area contributed by atoms with Gasteiger partial charge in [-0.05, 0) is 19.1 Å². The Kier molecular flexibility index (Phi) is 5.71. The summed E-state index contributed by atoms with van der Waals surface area (Å²) in [6.07, 6.45) is 1.66. The van der Waals surface area contributed by atoms with Crippen LogP contribution in [0.3, 0.4) is 0 Å². The van der Waals surface area contributed by atoms with E-state index in [1.165, 1.54) is 0 Å². The molecule has 0 N–H and O–H groups in total. The largest absolute Gasteiger partial charge is 0.481 e. The van der Waals surface area contributed by atoms with Gasteiger partial charge >= 0.3 is 0 Å². The van der Waals surface area contributed by atoms with Crippen molar-refractivity contribution in [1.82, 2.24) is 14.9 Å². The average molecular weight is 457 g/mol. The van der Waals surface area contributed by atoms with Crippen LogP contribution in [0.4, 0.5) is 5.95 Å². The van der Waals surface area contributed by atoms with Gasteiger partial charge in [-0.25, -0.2) is 4.98 Å². The van der Waals surface area contributed by atoms with Crippen LogP contribution in [0.2, 0.25) is 0 Å². The minimum absolute atomic E-state index is 0.130. The van der Waals surface area contributed by atoms with E-state index in [4.69, 9.17) is 9.15 Å². The molecule has 0 saturated carbocycles. The van der Waals surface area contributed by atoms with E-state index in [9.17, 15) is 9.59 Å².